The number of aliphatic hydroxyl groups excluding tert-OH is 1. The maximum Gasteiger partial charge on any atom is 0.343 e. The van der Waals surface area contributed by atoms with Crippen molar-refractivity contribution in [2.24, 2.45) is 5.41 Å². The van der Waals surface area contributed by atoms with E-state index < -0.39 is 23.7 Å². The van der Waals surface area contributed by atoms with Crippen LogP contribution in [0.25, 0.3) is 0 Å². The predicted molar refractivity (Wildman–Crippen MR) is 47.0 cm³/mol. The van der Waals surface area contributed by atoms with Gasteiger partial charge in [-0.25, -0.2) is 9.18 Å². The monoisotopic (exact) mass is 192 g/mol. The molecule has 0 heterocycles. The highest BCUT2D eigenvalue weighted by Gasteiger charge is 2.36. The van der Waals surface area contributed by atoms with Crippen LogP contribution in [-0.4, -0.2) is 30.0 Å². The third kappa shape index (κ3) is 3.72. The van der Waals surface area contributed by atoms with Crippen LogP contribution in [0.4, 0.5) is 4.39 Å². The maximum absolute atomic E-state index is 13.1. The lowest BCUT2D eigenvalue weighted by atomic mass is 9.86. The van der Waals surface area contributed by atoms with E-state index in [1.165, 1.54) is 0 Å². The molecule has 0 saturated carbocycles. The summed E-state index contributed by atoms with van der Waals surface area (Å²) in [7, 11) is 0. The summed E-state index contributed by atoms with van der Waals surface area (Å²) in [5.74, 6) is -0.995. The van der Waals surface area contributed by atoms with E-state index in [9.17, 15) is 14.3 Å². The largest absolute Gasteiger partial charge is 0.464 e. The van der Waals surface area contributed by atoms with Gasteiger partial charge in [0.25, 0.3) is 0 Å². The molecule has 4 heteroatoms. The van der Waals surface area contributed by atoms with Gasteiger partial charge in [0.1, 0.15) is 6.10 Å². The predicted octanol–water partition coefficient (Wildman–Crippen LogP) is 1.29. The molecule has 78 valence electrons. The summed E-state index contributed by atoms with van der Waals surface area (Å²) in [5.41, 5.74) is -0.661. The lowest BCUT2D eigenvalue weighted by Crippen LogP contribution is -2.40. The molecule has 0 aliphatic heterocycles. The molecule has 0 bridgehead atoms. The molecular weight excluding hydrogens is 175 g/mol. The molecule has 0 rings (SSSR count). The number of hydrogen-bond donors (Lipinski definition) is 1. The third-order valence-corrected chi connectivity index (χ3v) is 1.68. The lowest BCUT2D eigenvalue weighted by Gasteiger charge is -2.27. The van der Waals surface area contributed by atoms with E-state index in [0.29, 0.717) is 0 Å². The zero-order valence-electron chi connectivity index (χ0n) is 8.50. The number of esters is 1. The number of rotatable bonds is 3. The van der Waals surface area contributed by atoms with Gasteiger partial charge >= 0.3 is 5.97 Å². The molecular formula is C9H17FO3. The first-order valence-corrected chi connectivity index (χ1v) is 4.29. The van der Waals surface area contributed by atoms with Crippen LogP contribution >= 0.6 is 0 Å². The molecule has 1 N–H and O–H groups in total. The molecule has 0 radical (unpaired) electrons. The zero-order chi connectivity index (χ0) is 10.6. The number of aliphatic hydroxyl groups is 1. The van der Waals surface area contributed by atoms with Gasteiger partial charge in [-0.05, 0) is 12.3 Å². The quantitative estimate of drug-likeness (QED) is 0.685. The van der Waals surface area contributed by atoms with Gasteiger partial charge in [-0.1, -0.05) is 20.8 Å². The van der Waals surface area contributed by atoms with Crippen LogP contribution in [0.1, 0.15) is 27.7 Å². The van der Waals surface area contributed by atoms with Crippen LogP contribution in [0, 0.1) is 5.41 Å². The molecule has 0 saturated heterocycles. The number of carbonyl (C=O) groups is 1. The third-order valence-electron chi connectivity index (χ3n) is 1.68. The average molecular weight is 192 g/mol. The Morgan fingerprint density at radius 2 is 2.00 bits per heavy atom. The van der Waals surface area contributed by atoms with Crippen molar-refractivity contribution < 1.29 is 19.0 Å². The number of halogens is 1. The Hall–Kier alpha value is -0.640. The number of carbonyl (C=O) groups excluding carboxylic acids is 1. The molecule has 0 spiro atoms. The highest BCUT2D eigenvalue weighted by atomic mass is 19.1. The fourth-order valence-corrected chi connectivity index (χ4v) is 0.790. The molecule has 0 aromatic rings. The first kappa shape index (κ1) is 12.4. The topological polar surface area (TPSA) is 46.5 Å². The minimum Gasteiger partial charge on any atom is -0.464 e. The van der Waals surface area contributed by atoms with E-state index in [4.69, 9.17) is 0 Å². The van der Waals surface area contributed by atoms with E-state index in [1.807, 2.05) is 0 Å². The van der Waals surface area contributed by atoms with Gasteiger partial charge in [-0.3, -0.25) is 0 Å². The van der Waals surface area contributed by atoms with Crippen molar-refractivity contribution in [1.29, 1.82) is 0 Å². The first-order valence-electron chi connectivity index (χ1n) is 4.29. The highest BCUT2D eigenvalue weighted by Crippen LogP contribution is 2.23. The van der Waals surface area contributed by atoms with E-state index in [2.05, 4.69) is 4.74 Å². The van der Waals surface area contributed by atoms with Crippen LogP contribution in [0.3, 0.4) is 0 Å². The summed E-state index contributed by atoms with van der Waals surface area (Å²) >= 11 is 0. The van der Waals surface area contributed by atoms with Crippen molar-refractivity contribution in [2.75, 3.05) is 6.61 Å². The van der Waals surface area contributed by atoms with Gasteiger partial charge in [-0.2, -0.15) is 0 Å². The van der Waals surface area contributed by atoms with Crippen molar-refractivity contribution in [3.05, 3.63) is 0 Å². The standard InChI is InChI=1S/C9H17FO3/c1-5-13-8(12)6(10)7(11)9(2,3)4/h6-7,11H,5H2,1-4H3/t6-,7-/m1/s1. The highest BCUT2D eigenvalue weighted by molar-refractivity contribution is 5.75. The molecule has 0 fully saturated rings. The molecule has 13 heavy (non-hydrogen) atoms. The van der Waals surface area contributed by atoms with E-state index in [-0.39, 0.29) is 6.61 Å². The number of alkyl halides is 1. The summed E-state index contributed by atoms with van der Waals surface area (Å²) in [6, 6.07) is 0. The van der Waals surface area contributed by atoms with Crippen molar-refractivity contribution in [3.8, 4) is 0 Å². The number of ether oxygens (including phenoxy) is 1. The Morgan fingerprint density at radius 3 is 2.31 bits per heavy atom. The molecule has 0 amide bonds. The summed E-state index contributed by atoms with van der Waals surface area (Å²) in [6.45, 7) is 6.68. The minimum atomic E-state index is -1.96. The average Bonchev–Trinajstić information content (AvgIpc) is 2.00. The SMILES string of the molecule is CCOC(=O)[C@H](F)[C@@H](O)C(C)(C)C. The fourth-order valence-electron chi connectivity index (χ4n) is 0.790. The van der Waals surface area contributed by atoms with Crippen molar-refractivity contribution >= 4 is 5.97 Å². The molecule has 3 nitrogen and oxygen atoms in total. The minimum absolute atomic E-state index is 0.121. The Balaban J connectivity index is 4.25. The van der Waals surface area contributed by atoms with E-state index in [1.54, 1.807) is 27.7 Å². The molecule has 0 aromatic heterocycles. The van der Waals surface area contributed by atoms with E-state index in [0.717, 1.165) is 0 Å². The summed E-state index contributed by atoms with van der Waals surface area (Å²) in [6.07, 6.45) is -3.29. The summed E-state index contributed by atoms with van der Waals surface area (Å²) in [5, 5.41) is 9.38. The molecule has 0 unspecified atom stereocenters. The van der Waals surface area contributed by atoms with Crippen LogP contribution in [-0.2, 0) is 9.53 Å². The molecule has 0 aromatic carbocycles. The van der Waals surface area contributed by atoms with Gasteiger partial charge in [0.05, 0.1) is 6.61 Å². The zero-order valence-corrected chi connectivity index (χ0v) is 8.50. The molecule has 0 aliphatic rings. The summed E-state index contributed by atoms with van der Waals surface area (Å²) in [4.78, 5) is 10.9. The maximum atomic E-state index is 13.1. The second kappa shape index (κ2) is 4.56. The van der Waals surface area contributed by atoms with Crippen LogP contribution in [0.5, 0.6) is 0 Å². The van der Waals surface area contributed by atoms with Crippen LogP contribution in [0.2, 0.25) is 0 Å². The van der Waals surface area contributed by atoms with Crippen molar-refractivity contribution in [3.63, 3.8) is 0 Å². The van der Waals surface area contributed by atoms with E-state index >= 15 is 0 Å². The normalized spacial score (nSPS) is 16.5. The van der Waals surface area contributed by atoms with Gasteiger partial charge in [0, 0.05) is 0 Å². The van der Waals surface area contributed by atoms with Crippen LogP contribution in [0.15, 0.2) is 0 Å². The van der Waals surface area contributed by atoms with Gasteiger partial charge in [0.2, 0.25) is 6.17 Å². The van der Waals surface area contributed by atoms with Crippen molar-refractivity contribution in [2.45, 2.75) is 40.0 Å². The van der Waals surface area contributed by atoms with Crippen LogP contribution < -0.4 is 0 Å². The molecule has 2 atom stereocenters. The summed E-state index contributed by atoms with van der Waals surface area (Å²) < 4.78 is 17.6. The second-order valence-electron chi connectivity index (χ2n) is 3.96. The number of hydrogen-bond acceptors (Lipinski definition) is 3. The Morgan fingerprint density at radius 1 is 1.54 bits per heavy atom. The van der Waals surface area contributed by atoms with Gasteiger partial charge in [0.15, 0.2) is 0 Å². The molecule has 0 aliphatic carbocycles. The van der Waals surface area contributed by atoms with Crippen molar-refractivity contribution in [1.82, 2.24) is 0 Å². The lowest BCUT2D eigenvalue weighted by molar-refractivity contribution is -0.156. The fraction of sp³-hybridized carbons (Fsp3) is 0.889. The first-order chi connectivity index (χ1) is 5.80. The van der Waals surface area contributed by atoms with Gasteiger partial charge in [-0.15, -0.1) is 0 Å². The Bertz CT molecular complexity index is 174. The van der Waals surface area contributed by atoms with Gasteiger partial charge < -0.3 is 9.84 Å². The Labute approximate surface area is 77.9 Å². The Kier molecular flexibility index (Phi) is 4.33. The smallest absolute Gasteiger partial charge is 0.343 e. The second-order valence-corrected chi connectivity index (χ2v) is 3.96.